The number of likely N-dealkylation sites (tertiary alicyclic amines) is 1. The molecule has 1 rings (SSSR count). The van der Waals surface area contributed by atoms with E-state index in [0.717, 1.165) is 4.99 Å². The van der Waals surface area contributed by atoms with Crippen molar-refractivity contribution < 1.29 is 0 Å². The van der Waals surface area contributed by atoms with Gasteiger partial charge in [-0.25, -0.2) is 0 Å². The quantitative estimate of drug-likeness (QED) is 0.550. The van der Waals surface area contributed by atoms with Crippen molar-refractivity contribution in [3.63, 3.8) is 0 Å². The molecule has 0 aromatic heterocycles. The normalized spacial score (nSPS) is 18.8. The van der Waals surface area contributed by atoms with Crippen LogP contribution in [-0.4, -0.2) is 29.5 Å². The highest BCUT2D eigenvalue weighted by Gasteiger charge is 2.20. The van der Waals surface area contributed by atoms with Crippen LogP contribution in [0.25, 0.3) is 0 Å². The van der Waals surface area contributed by atoms with Crippen LogP contribution in [0.4, 0.5) is 0 Å². The molecule has 1 aliphatic heterocycles. The molecule has 0 unspecified atom stereocenters. The van der Waals surface area contributed by atoms with Gasteiger partial charge in [0.2, 0.25) is 0 Å². The van der Waals surface area contributed by atoms with Crippen LogP contribution in [0.3, 0.4) is 0 Å². The standard InChI is InChI=1S/C13H26N2S/c1-2-3-4-5-6-9-15-10-7-12(8-11-15)13(14)16/h12H,2-11H2,1H3,(H2,14,16). The van der Waals surface area contributed by atoms with Gasteiger partial charge in [-0.15, -0.1) is 0 Å². The monoisotopic (exact) mass is 242 g/mol. The molecule has 1 aliphatic rings. The number of rotatable bonds is 7. The van der Waals surface area contributed by atoms with Crippen LogP contribution in [0.5, 0.6) is 0 Å². The van der Waals surface area contributed by atoms with Crippen molar-refractivity contribution in [1.29, 1.82) is 0 Å². The minimum Gasteiger partial charge on any atom is -0.393 e. The molecule has 0 saturated carbocycles. The van der Waals surface area contributed by atoms with Gasteiger partial charge in [-0.2, -0.15) is 0 Å². The average Bonchev–Trinajstić information content (AvgIpc) is 2.29. The van der Waals surface area contributed by atoms with Gasteiger partial charge in [0.25, 0.3) is 0 Å². The summed E-state index contributed by atoms with van der Waals surface area (Å²) >= 11 is 5.05. The molecule has 1 fully saturated rings. The first-order valence-corrected chi connectivity index (χ1v) is 7.16. The van der Waals surface area contributed by atoms with E-state index in [9.17, 15) is 0 Å². The summed E-state index contributed by atoms with van der Waals surface area (Å²) in [4.78, 5) is 3.29. The lowest BCUT2D eigenvalue weighted by Gasteiger charge is -2.31. The molecule has 0 bridgehead atoms. The van der Waals surface area contributed by atoms with Crippen molar-refractivity contribution in [2.45, 2.75) is 51.9 Å². The average molecular weight is 242 g/mol. The van der Waals surface area contributed by atoms with E-state index in [2.05, 4.69) is 11.8 Å². The summed E-state index contributed by atoms with van der Waals surface area (Å²) in [6, 6.07) is 0. The van der Waals surface area contributed by atoms with E-state index in [4.69, 9.17) is 18.0 Å². The molecular formula is C13H26N2S. The van der Waals surface area contributed by atoms with Gasteiger partial charge < -0.3 is 10.6 Å². The number of piperidine rings is 1. The Bertz CT molecular complexity index is 198. The van der Waals surface area contributed by atoms with E-state index in [1.54, 1.807) is 0 Å². The Morgan fingerprint density at radius 1 is 1.19 bits per heavy atom. The molecule has 0 aliphatic carbocycles. The van der Waals surface area contributed by atoms with Crippen LogP contribution in [0.15, 0.2) is 0 Å². The minimum absolute atomic E-state index is 0.506. The number of hydrogen-bond acceptors (Lipinski definition) is 2. The SMILES string of the molecule is CCCCCCCN1CCC(C(N)=S)CC1. The molecule has 0 aromatic rings. The molecule has 2 nitrogen and oxygen atoms in total. The first kappa shape index (κ1) is 13.9. The third-order valence-corrected chi connectivity index (χ3v) is 3.90. The summed E-state index contributed by atoms with van der Waals surface area (Å²) in [5.41, 5.74) is 5.68. The Morgan fingerprint density at radius 3 is 2.38 bits per heavy atom. The summed E-state index contributed by atoms with van der Waals surface area (Å²) in [5, 5.41) is 0. The first-order valence-electron chi connectivity index (χ1n) is 6.75. The van der Waals surface area contributed by atoms with Crippen LogP contribution in [-0.2, 0) is 0 Å². The maximum atomic E-state index is 5.68. The van der Waals surface area contributed by atoms with Gasteiger partial charge in [-0.05, 0) is 38.9 Å². The maximum absolute atomic E-state index is 5.68. The van der Waals surface area contributed by atoms with Crippen LogP contribution < -0.4 is 5.73 Å². The minimum atomic E-state index is 0.506. The van der Waals surface area contributed by atoms with E-state index in [1.807, 2.05) is 0 Å². The Kier molecular flexibility index (Phi) is 6.97. The van der Waals surface area contributed by atoms with Crippen LogP contribution >= 0.6 is 12.2 Å². The fraction of sp³-hybridized carbons (Fsp3) is 0.923. The maximum Gasteiger partial charge on any atom is 0.0759 e. The lowest BCUT2D eigenvalue weighted by atomic mass is 9.97. The highest BCUT2D eigenvalue weighted by atomic mass is 32.1. The lowest BCUT2D eigenvalue weighted by Crippen LogP contribution is -2.38. The summed E-state index contributed by atoms with van der Waals surface area (Å²) in [6.45, 7) is 5.92. The van der Waals surface area contributed by atoms with Gasteiger partial charge in [0.15, 0.2) is 0 Å². The number of hydrogen-bond donors (Lipinski definition) is 1. The van der Waals surface area contributed by atoms with E-state index in [-0.39, 0.29) is 0 Å². The van der Waals surface area contributed by atoms with Crippen molar-refractivity contribution in [2.75, 3.05) is 19.6 Å². The predicted molar refractivity (Wildman–Crippen MR) is 74.7 cm³/mol. The van der Waals surface area contributed by atoms with Crippen molar-refractivity contribution in [2.24, 2.45) is 11.7 Å². The molecule has 0 spiro atoms. The van der Waals surface area contributed by atoms with E-state index < -0.39 is 0 Å². The zero-order valence-electron chi connectivity index (χ0n) is 10.6. The van der Waals surface area contributed by atoms with Gasteiger partial charge in [-0.3, -0.25) is 0 Å². The van der Waals surface area contributed by atoms with Gasteiger partial charge in [0, 0.05) is 5.92 Å². The molecule has 0 radical (unpaired) electrons. The number of thiocarbonyl (C=S) groups is 1. The Labute approximate surface area is 106 Å². The second-order valence-corrected chi connectivity index (χ2v) is 5.40. The summed E-state index contributed by atoms with van der Waals surface area (Å²) in [7, 11) is 0. The molecule has 1 saturated heterocycles. The molecular weight excluding hydrogens is 216 g/mol. The lowest BCUT2D eigenvalue weighted by molar-refractivity contribution is 0.206. The van der Waals surface area contributed by atoms with Gasteiger partial charge in [0.05, 0.1) is 4.99 Å². The first-order chi connectivity index (χ1) is 7.74. The molecule has 0 atom stereocenters. The Hall–Kier alpha value is -0.150. The highest BCUT2D eigenvalue weighted by molar-refractivity contribution is 7.80. The Balaban J connectivity index is 2.02. The largest absolute Gasteiger partial charge is 0.393 e. The molecule has 94 valence electrons. The molecule has 2 N–H and O–H groups in total. The van der Waals surface area contributed by atoms with Gasteiger partial charge in [-0.1, -0.05) is 44.8 Å². The molecule has 1 heterocycles. The van der Waals surface area contributed by atoms with Gasteiger partial charge in [0.1, 0.15) is 0 Å². The fourth-order valence-electron chi connectivity index (χ4n) is 2.38. The molecule has 3 heteroatoms. The zero-order valence-corrected chi connectivity index (χ0v) is 11.4. The third kappa shape index (κ3) is 5.26. The van der Waals surface area contributed by atoms with Crippen LogP contribution in [0, 0.1) is 5.92 Å². The Morgan fingerprint density at radius 2 is 1.81 bits per heavy atom. The number of unbranched alkanes of at least 4 members (excludes halogenated alkanes) is 4. The molecule has 16 heavy (non-hydrogen) atoms. The van der Waals surface area contributed by atoms with Crippen molar-refractivity contribution >= 4 is 17.2 Å². The third-order valence-electron chi connectivity index (χ3n) is 3.57. The second kappa shape index (κ2) is 8.02. The number of nitrogens with zero attached hydrogens (tertiary/aromatic N) is 1. The topological polar surface area (TPSA) is 29.3 Å². The molecule has 0 amide bonds. The van der Waals surface area contributed by atoms with Crippen molar-refractivity contribution in [1.82, 2.24) is 4.90 Å². The zero-order chi connectivity index (χ0) is 11.8. The predicted octanol–water partition coefficient (Wildman–Crippen LogP) is 2.95. The van der Waals surface area contributed by atoms with Crippen LogP contribution in [0.1, 0.15) is 51.9 Å². The fourth-order valence-corrected chi connectivity index (χ4v) is 2.62. The highest BCUT2D eigenvalue weighted by Crippen LogP contribution is 2.17. The van der Waals surface area contributed by atoms with E-state index >= 15 is 0 Å². The smallest absolute Gasteiger partial charge is 0.0759 e. The summed E-state index contributed by atoms with van der Waals surface area (Å²) in [6.07, 6.45) is 9.22. The van der Waals surface area contributed by atoms with Crippen molar-refractivity contribution in [3.8, 4) is 0 Å². The van der Waals surface area contributed by atoms with E-state index in [0.29, 0.717) is 5.92 Å². The van der Waals surface area contributed by atoms with E-state index in [1.165, 1.54) is 64.6 Å². The summed E-state index contributed by atoms with van der Waals surface area (Å²) < 4.78 is 0. The van der Waals surface area contributed by atoms with Crippen LogP contribution in [0.2, 0.25) is 0 Å². The molecule has 0 aromatic carbocycles. The van der Waals surface area contributed by atoms with Gasteiger partial charge >= 0.3 is 0 Å². The number of nitrogens with two attached hydrogens (primary N) is 1. The van der Waals surface area contributed by atoms with Crippen molar-refractivity contribution in [3.05, 3.63) is 0 Å². The second-order valence-electron chi connectivity index (χ2n) is 4.93. The summed E-state index contributed by atoms with van der Waals surface area (Å²) in [5.74, 6) is 0.506.